The van der Waals surface area contributed by atoms with Crippen LogP contribution in [0, 0.1) is 17.2 Å². The maximum atomic E-state index is 11.0. The molecule has 1 aromatic rings. The highest BCUT2D eigenvalue weighted by molar-refractivity contribution is 7.90. The highest BCUT2D eigenvalue weighted by atomic mass is 32.2. The van der Waals surface area contributed by atoms with Gasteiger partial charge < -0.3 is 4.74 Å². The molecule has 3 N–H and O–H groups in total. The molecule has 0 amide bonds. The second-order valence-electron chi connectivity index (χ2n) is 4.14. The molecule has 18 heavy (non-hydrogen) atoms. The van der Waals surface area contributed by atoms with E-state index in [9.17, 15) is 8.42 Å². The van der Waals surface area contributed by atoms with E-state index >= 15 is 0 Å². The van der Waals surface area contributed by atoms with Crippen LogP contribution in [0.25, 0.3) is 0 Å². The van der Waals surface area contributed by atoms with Gasteiger partial charge in [-0.05, 0) is 18.1 Å². The summed E-state index contributed by atoms with van der Waals surface area (Å²) in [5.74, 6) is 0.631. The third-order valence-corrected chi connectivity index (χ3v) is 2.47. The summed E-state index contributed by atoms with van der Waals surface area (Å²) in [4.78, 5) is 0. The van der Waals surface area contributed by atoms with Crippen LogP contribution in [0.3, 0.4) is 0 Å². The molecule has 0 fully saturated rings. The summed E-state index contributed by atoms with van der Waals surface area (Å²) in [6, 6.07) is 6.55. The van der Waals surface area contributed by atoms with Gasteiger partial charge in [-0.1, -0.05) is 19.9 Å². The number of anilines is 1. The average Bonchev–Trinajstić information content (AvgIpc) is 2.24. The van der Waals surface area contributed by atoms with Gasteiger partial charge in [0.1, 0.15) is 17.4 Å². The quantitative estimate of drug-likeness (QED) is 0.837. The van der Waals surface area contributed by atoms with Crippen molar-refractivity contribution < 1.29 is 13.2 Å². The van der Waals surface area contributed by atoms with Crippen LogP contribution < -0.4 is 14.6 Å². The van der Waals surface area contributed by atoms with Crippen LogP contribution in [0.1, 0.15) is 19.4 Å². The van der Waals surface area contributed by atoms with E-state index in [0.717, 1.165) is 0 Å². The summed E-state index contributed by atoms with van der Waals surface area (Å²) >= 11 is 0. The minimum Gasteiger partial charge on any atom is -0.492 e. The number of nitrogens with two attached hydrogens (primary N) is 1. The van der Waals surface area contributed by atoms with Gasteiger partial charge in [0.25, 0.3) is 10.2 Å². The van der Waals surface area contributed by atoms with Gasteiger partial charge in [-0.3, -0.25) is 4.72 Å². The lowest BCUT2D eigenvalue weighted by Crippen LogP contribution is -2.22. The van der Waals surface area contributed by atoms with E-state index < -0.39 is 10.2 Å². The van der Waals surface area contributed by atoms with E-state index in [2.05, 4.69) is 4.72 Å². The van der Waals surface area contributed by atoms with Crippen LogP contribution in [0.5, 0.6) is 5.75 Å². The van der Waals surface area contributed by atoms with Crippen LogP contribution >= 0.6 is 0 Å². The summed E-state index contributed by atoms with van der Waals surface area (Å²) < 4.78 is 29.4. The number of nitriles is 1. The molecule has 1 aromatic carbocycles. The van der Waals surface area contributed by atoms with E-state index in [1.807, 2.05) is 19.9 Å². The number of benzene rings is 1. The van der Waals surface area contributed by atoms with Crippen molar-refractivity contribution in [3.05, 3.63) is 23.8 Å². The Kier molecular flexibility index (Phi) is 4.53. The lowest BCUT2D eigenvalue weighted by Gasteiger charge is -2.12. The topological polar surface area (TPSA) is 105 Å². The van der Waals surface area contributed by atoms with Crippen LogP contribution in [-0.2, 0) is 10.2 Å². The number of hydrogen-bond acceptors (Lipinski definition) is 4. The van der Waals surface area contributed by atoms with Gasteiger partial charge in [0.2, 0.25) is 0 Å². The molecule has 0 spiro atoms. The van der Waals surface area contributed by atoms with Gasteiger partial charge in [-0.15, -0.1) is 0 Å². The molecule has 0 unspecified atom stereocenters. The minimum absolute atomic E-state index is 0.112. The summed E-state index contributed by atoms with van der Waals surface area (Å²) in [7, 11) is -3.91. The van der Waals surface area contributed by atoms with Crippen LogP contribution in [0.4, 0.5) is 5.69 Å². The molecule has 0 saturated carbocycles. The van der Waals surface area contributed by atoms with Crippen molar-refractivity contribution >= 4 is 15.9 Å². The Hall–Kier alpha value is -1.78. The first kappa shape index (κ1) is 14.3. The third kappa shape index (κ3) is 4.24. The number of rotatable bonds is 5. The first-order valence-corrected chi connectivity index (χ1v) is 6.84. The van der Waals surface area contributed by atoms with E-state index in [4.69, 9.17) is 15.1 Å². The van der Waals surface area contributed by atoms with Gasteiger partial charge in [0, 0.05) is 0 Å². The van der Waals surface area contributed by atoms with Crippen molar-refractivity contribution in [2.24, 2.45) is 11.1 Å². The smallest absolute Gasteiger partial charge is 0.296 e. The lowest BCUT2D eigenvalue weighted by molar-refractivity contribution is 0.270. The summed E-state index contributed by atoms with van der Waals surface area (Å²) in [6.07, 6.45) is 0. The highest BCUT2D eigenvalue weighted by Crippen LogP contribution is 2.26. The third-order valence-electron chi connectivity index (χ3n) is 1.96. The molecular formula is C11H15N3O3S. The maximum Gasteiger partial charge on any atom is 0.296 e. The largest absolute Gasteiger partial charge is 0.492 e. The van der Waals surface area contributed by atoms with Crippen molar-refractivity contribution in [1.29, 1.82) is 5.26 Å². The Morgan fingerprint density at radius 2 is 2.17 bits per heavy atom. The second-order valence-corrected chi connectivity index (χ2v) is 5.44. The molecule has 0 bridgehead atoms. The highest BCUT2D eigenvalue weighted by Gasteiger charge is 2.12. The molecule has 0 heterocycles. The fourth-order valence-electron chi connectivity index (χ4n) is 1.26. The molecule has 0 radical (unpaired) electrons. The van der Waals surface area contributed by atoms with Gasteiger partial charge >= 0.3 is 0 Å². The first-order chi connectivity index (χ1) is 8.33. The molecule has 98 valence electrons. The van der Waals surface area contributed by atoms with E-state index in [0.29, 0.717) is 18.3 Å². The number of hydrogen-bond donors (Lipinski definition) is 2. The maximum absolute atomic E-state index is 11.0. The number of ether oxygens (including phenoxy) is 1. The molecule has 1 rings (SSSR count). The van der Waals surface area contributed by atoms with Crippen molar-refractivity contribution in [3.63, 3.8) is 0 Å². The number of nitrogens with zero attached hydrogens (tertiary/aromatic N) is 1. The molecular weight excluding hydrogens is 254 g/mol. The normalized spacial score (nSPS) is 11.1. The minimum atomic E-state index is -3.91. The lowest BCUT2D eigenvalue weighted by atomic mass is 10.2. The predicted octanol–water partition coefficient (Wildman–Crippen LogP) is 1.21. The first-order valence-electron chi connectivity index (χ1n) is 5.30. The summed E-state index contributed by atoms with van der Waals surface area (Å²) in [5, 5.41) is 13.9. The SMILES string of the molecule is CC(C)COc1cccc(NS(N)(=O)=O)c1C#N. The van der Waals surface area contributed by atoms with Crippen LogP contribution in [0.15, 0.2) is 18.2 Å². The van der Waals surface area contributed by atoms with E-state index in [1.165, 1.54) is 6.07 Å². The van der Waals surface area contributed by atoms with E-state index in [-0.39, 0.29) is 11.3 Å². The molecule has 0 aromatic heterocycles. The van der Waals surface area contributed by atoms with Gasteiger partial charge in [0.05, 0.1) is 12.3 Å². The van der Waals surface area contributed by atoms with Gasteiger partial charge in [-0.2, -0.15) is 13.7 Å². The summed E-state index contributed by atoms with van der Waals surface area (Å²) in [6.45, 7) is 4.38. The Labute approximate surface area is 107 Å². The van der Waals surface area contributed by atoms with Crippen molar-refractivity contribution in [2.45, 2.75) is 13.8 Å². The Balaban J connectivity index is 3.07. The zero-order valence-corrected chi connectivity index (χ0v) is 11.0. The molecule has 6 nitrogen and oxygen atoms in total. The Morgan fingerprint density at radius 1 is 1.50 bits per heavy atom. The molecule has 0 aliphatic carbocycles. The zero-order valence-electron chi connectivity index (χ0n) is 10.2. The van der Waals surface area contributed by atoms with Crippen molar-refractivity contribution in [1.82, 2.24) is 0 Å². The van der Waals surface area contributed by atoms with Crippen molar-refractivity contribution in [2.75, 3.05) is 11.3 Å². The van der Waals surface area contributed by atoms with Crippen LogP contribution in [-0.4, -0.2) is 15.0 Å². The average molecular weight is 269 g/mol. The summed E-state index contributed by atoms with van der Waals surface area (Å²) in [5.41, 5.74) is 0.230. The predicted molar refractivity (Wildman–Crippen MR) is 68.2 cm³/mol. The van der Waals surface area contributed by atoms with Crippen LogP contribution in [0.2, 0.25) is 0 Å². The molecule has 0 saturated heterocycles. The molecule has 7 heteroatoms. The van der Waals surface area contributed by atoms with Crippen molar-refractivity contribution in [3.8, 4) is 11.8 Å². The second kappa shape index (κ2) is 5.71. The van der Waals surface area contributed by atoms with E-state index in [1.54, 1.807) is 12.1 Å². The standard InChI is InChI=1S/C11H15N3O3S/c1-8(2)7-17-11-5-3-4-10(9(11)6-12)14-18(13,15)16/h3-5,8,14H,7H2,1-2H3,(H2,13,15,16). The number of nitrogens with one attached hydrogen (secondary N) is 1. The van der Waals surface area contributed by atoms with Gasteiger partial charge in [-0.25, -0.2) is 5.14 Å². The Bertz CT molecular complexity index is 561. The molecule has 0 aliphatic heterocycles. The monoisotopic (exact) mass is 269 g/mol. The zero-order chi connectivity index (χ0) is 13.8. The fraction of sp³-hybridized carbons (Fsp3) is 0.364. The fourth-order valence-corrected chi connectivity index (χ4v) is 1.74. The van der Waals surface area contributed by atoms with Gasteiger partial charge in [0.15, 0.2) is 0 Å². The molecule has 0 atom stereocenters. The Morgan fingerprint density at radius 3 is 2.67 bits per heavy atom. The molecule has 0 aliphatic rings.